The van der Waals surface area contributed by atoms with Gasteiger partial charge in [-0.05, 0) is 48.6 Å². The number of nitrogens with zero attached hydrogens (tertiary/aromatic N) is 2. The molecule has 6 aromatic carbocycles. The molecule has 0 aromatic heterocycles. The van der Waals surface area contributed by atoms with E-state index in [-0.39, 0.29) is 23.0 Å². The van der Waals surface area contributed by atoms with E-state index >= 15 is 0 Å². The second kappa shape index (κ2) is 23.9. The van der Waals surface area contributed by atoms with Crippen LogP contribution in [0.15, 0.2) is 96.4 Å². The number of hydrogen-bond acceptors (Lipinski definition) is 6. The highest BCUT2D eigenvalue weighted by atomic mass is 16.3. The predicted octanol–water partition coefficient (Wildman–Crippen LogP) is 17.5. The lowest BCUT2D eigenvalue weighted by atomic mass is 9.77. The molecule has 0 saturated carbocycles. The summed E-state index contributed by atoms with van der Waals surface area (Å²) in [5, 5.41) is 56.1. The molecule has 0 amide bonds. The minimum absolute atomic E-state index is 0.0372. The maximum Gasteiger partial charge on any atom is 0.138 e. The Bertz CT molecular complexity index is 2400. The van der Waals surface area contributed by atoms with Crippen molar-refractivity contribution in [2.45, 2.75) is 156 Å². The molecule has 352 valence electrons. The third kappa shape index (κ3) is 10.4. The summed E-state index contributed by atoms with van der Waals surface area (Å²) in [6, 6.07) is 28.1. The van der Waals surface area contributed by atoms with Crippen LogP contribution in [0, 0.1) is 0 Å². The van der Waals surface area contributed by atoms with Crippen LogP contribution in [0.3, 0.4) is 0 Å². The van der Waals surface area contributed by atoms with Gasteiger partial charge in [0.2, 0.25) is 0 Å². The monoisotopic (exact) mass is 891 g/mol. The molecule has 1 aliphatic rings. The first-order valence-electron chi connectivity index (χ1n) is 26.1. The van der Waals surface area contributed by atoms with E-state index in [1.165, 1.54) is 103 Å². The number of rotatable bonds is 28. The van der Waals surface area contributed by atoms with Crippen LogP contribution in [-0.4, -0.2) is 46.6 Å². The molecule has 6 nitrogen and oxygen atoms in total. The predicted molar refractivity (Wildman–Crippen MR) is 285 cm³/mol. The number of hydrogen-bond donors (Lipinski definition) is 4. The standard InChI is InChI=1S/C60H78N2O4/c1-5-9-13-17-25-39-61(40-26-18-14-10-6-2)57-45-33-23-21-31-43(45)53(51-47(57)35-29-37-49(51)63)55-59(65)56(60(55)66)54-44-32-22-24-34-46(44)58(48-36-30-38-50(64)52(48)54)62(41-27-19-15-11-7-3)42-28-20-16-12-8-4/h21-24,29-38,63-66H,5-20,25-28,39-42H2,1-4H3. The highest BCUT2D eigenvalue weighted by Gasteiger charge is 2.38. The molecular weight excluding hydrogens is 813 g/mol. The van der Waals surface area contributed by atoms with E-state index in [0.717, 1.165) is 95.6 Å². The maximum atomic E-state index is 12.6. The van der Waals surface area contributed by atoms with Crippen LogP contribution in [0.5, 0.6) is 11.5 Å². The number of phenolic OH excluding ortho intramolecular Hbond substituents is 2. The van der Waals surface area contributed by atoms with Crippen molar-refractivity contribution in [3.05, 3.63) is 108 Å². The second-order valence-electron chi connectivity index (χ2n) is 19.0. The van der Waals surface area contributed by atoms with Gasteiger partial charge in [-0.25, -0.2) is 0 Å². The Morgan fingerprint density at radius 2 is 0.606 bits per heavy atom. The number of allylic oxidation sites excluding steroid dienone is 2. The van der Waals surface area contributed by atoms with Crippen molar-refractivity contribution in [1.82, 2.24) is 0 Å². The Balaban J connectivity index is 1.37. The summed E-state index contributed by atoms with van der Waals surface area (Å²) >= 11 is 0. The smallest absolute Gasteiger partial charge is 0.138 e. The first-order chi connectivity index (χ1) is 32.4. The Morgan fingerprint density at radius 3 is 0.924 bits per heavy atom. The quantitative estimate of drug-likeness (QED) is 0.0290. The SMILES string of the molecule is CCCCCCCN(CCCCCCC)c1c2ccccc2c(C2=C(O)C(c3c4ccccc4c(N(CCCCCCC)CCCCCCC)c4cccc(O)c34)=C2O)c2c(O)cccc12. The summed E-state index contributed by atoms with van der Waals surface area (Å²) in [4.78, 5) is 5.09. The van der Waals surface area contributed by atoms with Gasteiger partial charge in [-0.2, -0.15) is 0 Å². The average Bonchev–Trinajstić information content (AvgIpc) is 3.33. The van der Waals surface area contributed by atoms with Crippen molar-refractivity contribution < 1.29 is 20.4 Å². The molecule has 0 heterocycles. The van der Waals surface area contributed by atoms with Crippen molar-refractivity contribution in [2.75, 3.05) is 36.0 Å². The molecule has 0 atom stereocenters. The van der Waals surface area contributed by atoms with Crippen LogP contribution < -0.4 is 9.80 Å². The second-order valence-corrected chi connectivity index (χ2v) is 19.0. The van der Waals surface area contributed by atoms with Crippen molar-refractivity contribution in [2.24, 2.45) is 0 Å². The Labute approximate surface area is 395 Å². The first kappa shape index (κ1) is 48.6. The zero-order valence-electron chi connectivity index (χ0n) is 40.7. The molecule has 66 heavy (non-hydrogen) atoms. The van der Waals surface area contributed by atoms with E-state index in [1.54, 1.807) is 12.1 Å². The van der Waals surface area contributed by atoms with Crippen LogP contribution >= 0.6 is 0 Å². The normalized spacial score (nSPS) is 12.9. The highest BCUT2D eigenvalue weighted by Crippen LogP contribution is 2.55. The maximum absolute atomic E-state index is 12.6. The number of aromatic hydroxyl groups is 2. The van der Waals surface area contributed by atoms with Gasteiger partial charge >= 0.3 is 0 Å². The lowest BCUT2D eigenvalue weighted by Gasteiger charge is -2.33. The molecule has 6 heteroatoms. The van der Waals surface area contributed by atoms with E-state index in [2.05, 4.69) is 86.0 Å². The molecule has 0 aliphatic heterocycles. The summed E-state index contributed by atoms with van der Waals surface area (Å²) in [6.45, 7) is 12.7. The lowest BCUT2D eigenvalue weighted by molar-refractivity contribution is 0.390. The van der Waals surface area contributed by atoms with Gasteiger partial charge in [0.15, 0.2) is 0 Å². The molecule has 1 aliphatic carbocycles. The third-order valence-corrected chi connectivity index (χ3v) is 14.2. The minimum atomic E-state index is -0.0372. The van der Waals surface area contributed by atoms with Crippen molar-refractivity contribution in [1.29, 1.82) is 0 Å². The first-order valence-corrected chi connectivity index (χ1v) is 26.1. The summed E-state index contributed by atoms with van der Waals surface area (Å²) in [7, 11) is 0. The molecule has 0 saturated heterocycles. The summed E-state index contributed by atoms with van der Waals surface area (Å²) in [6.07, 6.45) is 23.8. The molecule has 6 aromatic rings. The summed E-state index contributed by atoms with van der Waals surface area (Å²) < 4.78 is 0. The largest absolute Gasteiger partial charge is 0.507 e. The number of fused-ring (bicyclic) bond motifs is 4. The number of unbranched alkanes of at least 4 members (excludes halogenated alkanes) is 16. The van der Waals surface area contributed by atoms with Gasteiger partial charge < -0.3 is 30.2 Å². The van der Waals surface area contributed by atoms with Gasteiger partial charge in [0, 0.05) is 69.6 Å². The van der Waals surface area contributed by atoms with E-state index < -0.39 is 0 Å². The minimum Gasteiger partial charge on any atom is -0.507 e. The summed E-state index contributed by atoms with van der Waals surface area (Å²) in [5.74, 6) is 0.156. The molecule has 0 fully saturated rings. The van der Waals surface area contributed by atoms with Gasteiger partial charge in [-0.15, -0.1) is 0 Å². The molecular formula is C60H78N2O4. The highest BCUT2D eigenvalue weighted by molar-refractivity contribution is 6.28. The lowest BCUT2D eigenvalue weighted by Crippen LogP contribution is -2.26. The number of benzene rings is 6. The fourth-order valence-corrected chi connectivity index (χ4v) is 10.8. The number of aliphatic hydroxyl groups excluding tert-OH is 2. The molecule has 0 radical (unpaired) electrons. The van der Waals surface area contributed by atoms with Crippen LogP contribution in [0.1, 0.15) is 167 Å². The molecule has 0 spiro atoms. The number of anilines is 2. The fourth-order valence-electron chi connectivity index (χ4n) is 10.8. The van der Waals surface area contributed by atoms with Crippen molar-refractivity contribution in [3.63, 3.8) is 0 Å². The van der Waals surface area contributed by atoms with Gasteiger partial charge in [-0.1, -0.05) is 203 Å². The number of aliphatic hydroxyl groups is 2. The van der Waals surface area contributed by atoms with Gasteiger partial charge in [0.1, 0.15) is 23.0 Å². The van der Waals surface area contributed by atoms with E-state index in [4.69, 9.17) is 0 Å². The van der Waals surface area contributed by atoms with Crippen LogP contribution in [0.25, 0.3) is 54.2 Å². The molecule has 0 unspecified atom stereocenters. The Morgan fingerprint density at radius 1 is 0.318 bits per heavy atom. The Kier molecular flexibility index (Phi) is 17.6. The van der Waals surface area contributed by atoms with E-state index in [1.807, 2.05) is 24.3 Å². The molecule has 4 N–H and O–H groups in total. The van der Waals surface area contributed by atoms with E-state index in [0.29, 0.717) is 33.0 Å². The van der Waals surface area contributed by atoms with Crippen molar-refractivity contribution in [3.8, 4) is 11.5 Å². The van der Waals surface area contributed by atoms with Crippen LogP contribution in [0.2, 0.25) is 0 Å². The van der Waals surface area contributed by atoms with Crippen LogP contribution in [0.4, 0.5) is 11.4 Å². The topological polar surface area (TPSA) is 87.4 Å². The van der Waals surface area contributed by atoms with E-state index in [9.17, 15) is 20.4 Å². The molecule has 7 rings (SSSR count). The average molecular weight is 891 g/mol. The zero-order chi connectivity index (χ0) is 46.4. The third-order valence-electron chi connectivity index (χ3n) is 14.2. The Hall–Kier alpha value is -5.36. The fraction of sp³-hybridized carbons (Fsp3) is 0.467. The van der Waals surface area contributed by atoms with Gasteiger partial charge in [0.25, 0.3) is 0 Å². The van der Waals surface area contributed by atoms with Crippen LogP contribution in [-0.2, 0) is 0 Å². The summed E-state index contributed by atoms with van der Waals surface area (Å²) in [5.41, 5.74) is 4.10. The molecule has 0 bridgehead atoms. The van der Waals surface area contributed by atoms with Gasteiger partial charge in [0.05, 0.1) is 22.5 Å². The number of phenols is 2. The zero-order valence-corrected chi connectivity index (χ0v) is 40.7. The van der Waals surface area contributed by atoms with Crippen molar-refractivity contribution >= 4 is 65.6 Å². The van der Waals surface area contributed by atoms with Gasteiger partial charge in [-0.3, -0.25) is 0 Å².